The second-order valence-corrected chi connectivity index (χ2v) is 5.00. The van der Waals surface area contributed by atoms with Crippen molar-refractivity contribution in [1.29, 1.82) is 0 Å². The molecule has 96 valence electrons. The maximum atomic E-state index is 11.6. The molecule has 1 saturated carbocycles. The molecule has 2 amide bonds. The second-order valence-electron chi connectivity index (χ2n) is 5.00. The van der Waals surface area contributed by atoms with Gasteiger partial charge in [-0.3, -0.25) is 9.59 Å². The molecule has 0 bridgehead atoms. The van der Waals surface area contributed by atoms with Crippen molar-refractivity contribution in [3.05, 3.63) is 0 Å². The quantitative estimate of drug-likeness (QED) is 0.718. The molecular weight excluding hydrogens is 218 g/mol. The number of nitrogens with zero attached hydrogens (tertiary/aromatic N) is 1. The van der Waals surface area contributed by atoms with Gasteiger partial charge in [-0.05, 0) is 25.7 Å². The Morgan fingerprint density at radius 1 is 1.12 bits per heavy atom. The summed E-state index contributed by atoms with van der Waals surface area (Å²) in [6.07, 6.45) is 4.14. The van der Waals surface area contributed by atoms with E-state index in [1.165, 1.54) is 12.8 Å². The Morgan fingerprint density at radius 2 is 1.76 bits per heavy atom. The van der Waals surface area contributed by atoms with Crippen LogP contribution in [0.2, 0.25) is 0 Å². The van der Waals surface area contributed by atoms with Crippen molar-refractivity contribution in [2.24, 2.45) is 0 Å². The van der Waals surface area contributed by atoms with E-state index >= 15 is 0 Å². The van der Waals surface area contributed by atoms with E-state index in [1.54, 1.807) is 6.92 Å². The minimum Gasteiger partial charge on any atom is -0.352 e. The average Bonchev–Trinajstić information content (AvgIpc) is 3.11. The number of hydrogen-bond acceptors (Lipinski definition) is 3. The van der Waals surface area contributed by atoms with Crippen LogP contribution in [0.15, 0.2) is 0 Å². The number of rotatable bonds is 4. The van der Waals surface area contributed by atoms with Crippen molar-refractivity contribution in [1.82, 2.24) is 15.5 Å². The minimum atomic E-state index is 0.0816. The summed E-state index contributed by atoms with van der Waals surface area (Å²) in [7, 11) is 0. The van der Waals surface area contributed by atoms with Crippen LogP contribution >= 0.6 is 0 Å². The van der Waals surface area contributed by atoms with Gasteiger partial charge in [0.15, 0.2) is 0 Å². The molecule has 1 aliphatic carbocycles. The van der Waals surface area contributed by atoms with Gasteiger partial charge in [0.2, 0.25) is 11.8 Å². The first-order valence-corrected chi connectivity index (χ1v) is 6.43. The fourth-order valence-electron chi connectivity index (χ4n) is 2.14. The molecule has 1 aliphatic heterocycles. The molecule has 0 spiro atoms. The van der Waals surface area contributed by atoms with Gasteiger partial charge in [-0.2, -0.15) is 0 Å². The van der Waals surface area contributed by atoms with Crippen LogP contribution in [0.3, 0.4) is 0 Å². The average molecular weight is 239 g/mol. The molecule has 0 aromatic carbocycles. The summed E-state index contributed by atoms with van der Waals surface area (Å²) in [5, 5.41) is 6.22. The first-order valence-electron chi connectivity index (χ1n) is 6.43. The molecule has 2 N–H and O–H groups in total. The lowest BCUT2D eigenvalue weighted by Crippen LogP contribution is -2.48. The van der Waals surface area contributed by atoms with Crippen molar-refractivity contribution >= 4 is 11.8 Å². The highest BCUT2D eigenvalue weighted by atomic mass is 16.2. The predicted molar refractivity (Wildman–Crippen MR) is 64.4 cm³/mol. The van der Waals surface area contributed by atoms with E-state index in [2.05, 4.69) is 10.6 Å². The number of likely N-dealkylation sites (tertiary alicyclic amines) is 1. The second kappa shape index (κ2) is 5.49. The third-order valence-electron chi connectivity index (χ3n) is 3.43. The van der Waals surface area contributed by atoms with Crippen LogP contribution in [0.4, 0.5) is 0 Å². The number of hydrogen-bond donors (Lipinski definition) is 2. The number of nitrogens with one attached hydrogen (secondary N) is 2. The first kappa shape index (κ1) is 12.4. The van der Waals surface area contributed by atoms with Crippen molar-refractivity contribution in [3.8, 4) is 0 Å². The Labute approximate surface area is 102 Å². The fraction of sp³-hybridized carbons (Fsp3) is 0.833. The van der Waals surface area contributed by atoms with E-state index in [0.717, 1.165) is 25.9 Å². The van der Waals surface area contributed by atoms with Crippen molar-refractivity contribution in [2.45, 2.75) is 44.7 Å². The zero-order chi connectivity index (χ0) is 12.3. The third-order valence-corrected chi connectivity index (χ3v) is 3.43. The molecule has 0 atom stereocenters. The lowest BCUT2D eigenvalue weighted by atomic mass is 10.1. The van der Waals surface area contributed by atoms with Crippen molar-refractivity contribution in [2.75, 3.05) is 19.6 Å². The molecule has 0 aromatic heterocycles. The highest BCUT2D eigenvalue weighted by molar-refractivity contribution is 5.78. The zero-order valence-corrected chi connectivity index (χ0v) is 10.4. The molecule has 1 saturated heterocycles. The van der Waals surface area contributed by atoms with Gasteiger partial charge in [0.25, 0.3) is 0 Å². The standard InChI is InChI=1S/C12H21N3O2/c1-9(16)15-6-4-11(5-7-15)14-12(17)8-13-10-2-3-10/h10-11,13H,2-8H2,1H3,(H,14,17). The Kier molecular flexibility index (Phi) is 3.99. The molecule has 0 aromatic rings. The molecule has 17 heavy (non-hydrogen) atoms. The van der Waals surface area contributed by atoms with Gasteiger partial charge in [0.05, 0.1) is 6.54 Å². The Balaban J connectivity index is 1.62. The van der Waals surface area contributed by atoms with Gasteiger partial charge >= 0.3 is 0 Å². The van der Waals surface area contributed by atoms with E-state index in [-0.39, 0.29) is 17.9 Å². The molecular formula is C12H21N3O2. The smallest absolute Gasteiger partial charge is 0.234 e. The van der Waals surface area contributed by atoms with Crippen molar-refractivity contribution in [3.63, 3.8) is 0 Å². The lowest BCUT2D eigenvalue weighted by molar-refractivity contribution is -0.130. The number of carbonyl (C=O) groups is 2. The van der Waals surface area contributed by atoms with Crippen LogP contribution < -0.4 is 10.6 Å². The van der Waals surface area contributed by atoms with Gasteiger partial charge in [-0.15, -0.1) is 0 Å². The molecule has 1 heterocycles. The molecule has 2 aliphatic rings. The van der Waals surface area contributed by atoms with Crippen LogP contribution in [-0.4, -0.2) is 48.4 Å². The molecule has 0 unspecified atom stereocenters. The summed E-state index contributed by atoms with van der Waals surface area (Å²) < 4.78 is 0. The molecule has 0 radical (unpaired) electrons. The highest BCUT2D eigenvalue weighted by Gasteiger charge is 2.24. The number of piperidine rings is 1. The summed E-state index contributed by atoms with van der Waals surface area (Å²) in [5.74, 6) is 0.211. The first-order chi connectivity index (χ1) is 8.15. The Bertz CT molecular complexity index is 294. The molecule has 2 rings (SSSR count). The van der Waals surface area contributed by atoms with Crippen LogP contribution in [0, 0.1) is 0 Å². The number of amides is 2. The van der Waals surface area contributed by atoms with Gasteiger partial charge in [-0.1, -0.05) is 0 Å². The summed E-state index contributed by atoms with van der Waals surface area (Å²) in [5.41, 5.74) is 0. The van der Waals surface area contributed by atoms with Crippen LogP contribution in [0.25, 0.3) is 0 Å². The van der Waals surface area contributed by atoms with E-state index in [4.69, 9.17) is 0 Å². The molecule has 5 heteroatoms. The maximum absolute atomic E-state index is 11.6. The summed E-state index contributed by atoms with van der Waals surface area (Å²) in [4.78, 5) is 24.6. The minimum absolute atomic E-state index is 0.0816. The maximum Gasteiger partial charge on any atom is 0.234 e. The monoisotopic (exact) mass is 239 g/mol. The SMILES string of the molecule is CC(=O)N1CCC(NC(=O)CNC2CC2)CC1. The van der Waals surface area contributed by atoms with E-state index in [0.29, 0.717) is 12.6 Å². The summed E-state index contributed by atoms with van der Waals surface area (Å²) in [6.45, 7) is 3.54. The summed E-state index contributed by atoms with van der Waals surface area (Å²) >= 11 is 0. The van der Waals surface area contributed by atoms with E-state index in [1.807, 2.05) is 4.90 Å². The number of carbonyl (C=O) groups excluding carboxylic acids is 2. The molecule has 5 nitrogen and oxygen atoms in total. The fourth-order valence-corrected chi connectivity index (χ4v) is 2.14. The lowest BCUT2D eigenvalue weighted by Gasteiger charge is -2.31. The Morgan fingerprint density at radius 3 is 2.29 bits per heavy atom. The van der Waals surface area contributed by atoms with Gasteiger partial charge in [0, 0.05) is 32.1 Å². The van der Waals surface area contributed by atoms with Gasteiger partial charge < -0.3 is 15.5 Å². The van der Waals surface area contributed by atoms with E-state index in [9.17, 15) is 9.59 Å². The topological polar surface area (TPSA) is 61.4 Å². The normalized spacial score (nSPS) is 21.4. The Hall–Kier alpha value is -1.10. The van der Waals surface area contributed by atoms with Crippen LogP contribution in [0.1, 0.15) is 32.6 Å². The predicted octanol–water partition coefficient (Wildman–Crippen LogP) is -0.134. The van der Waals surface area contributed by atoms with Gasteiger partial charge in [-0.25, -0.2) is 0 Å². The van der Waals surface area contributed by atoms with Gasteiger partial charge in [0.1, 0.15) is 0 Å². The van der Waals surface area contributed by atoms with Crippen LogP contribution in [0.5, 0.6) is 0 Å². The van der Waals surface area contributed by atoms with E-state index < -0.39 is 0 Å². The summed E-state index contributed by atoms with van der Waals surface area (Å²) in [6, 6.07) is 0.805. The van der Waals surface area contributed by atoms with Crippen molar-refractivity contribution < 1.29 is 9.59 Å². The highest BCUT2D eigenvalue weighted by Crippen LogP contribution is 2.18. The third kappa shape index (κ3) is 4.00. The largest absolute Gasteiger partial charge is 0.352 e. The zero-order valence-electron chi connectivity index (χ0n) is 10.4. The molecule has 2 fully saturated rings. The van der Waals surface area contributed by atoms with Crippen LogP contribution in [-0.2, 0) is 9.59 Å².